The van der Waals surface area contributed by atoms with Crippen LogP contribution in [0.3, 0.4) is 0 Å². The van der Waals surface area contributed by atoms with Crippen LogP contribution in [0, 0.1) is 0 Å². The fraction of sp³-hybridized carbons (Fsp3) is 0.429. The smallest absolute Gasteiger partial charge is 0.0159 e. The molecule has 0 bridgehead atoms. The van der Waals surface area contributed by atoms with E-state index in [1.54, 1.807) is 0 Å². The monoisotopic (exact) mass is 246 g/mol. The Hall–Kier alpha value is -2.02. The fourth-order valence-corrected chi connectivity index (χ4v) is 1.27. The molecule has 4 nitrogen and oxygen atoms in total. The standard InChI is InChI=1S/C12H18.2CNO/c1-9(2)11-5-7-12(8-6-11)10(3)4;2*2-1-3/h5-10H,1-4H3;;/q;2*-1. The van der Waals surface area contributed by atoms with Gasteiger partial charge in [-0.05, 0) is 35.1 Å². The summed E-state index contributed by atoms with van der Waals surface area (Å²) in [5, 5.41) is 13.5. The zero-order valence-electron chi connectivity index (χ0n) is 11.2. The van der Waals surface area contributed by atoms with Crippen LogP contribution in [0.1, 0.15) is 50.7 Å². The SMILES string of the molecule is CC(C)c1ccc(C(C)C)cc1.[N-]=C=O.[N-]=C=O. The second-order valence-corrected chi connectivity index (χ2v) is 4.16. The van der Waals surface area contributed by atoms with Crippen LogP contribution in [-0.4, -0.2) is 12.2 Å². The van der Waals surface area contributed by atoms with Crippen molar-refractivity contribution in [3.63, 3.8) is 0 Å². The maximum atomic E-state index is 8.24. The van der Waals surface area contributed by atoms with Crippen molar-refractivity contribution in [2.75, 3.05) is 0 Å². The van der Waals surface area contributed by atoms with Crippen LogP contribution in [0.2, 0.25) is 0 Å². The molecule has 1 aromatic rings. The van der Waals surface area contributed by atoms with Crippen molar-refractivity contribution in [3.8, 4) is 0 Å². The molecule has 0 saturated carbocycles. The van der Waals surface area contributed by atoms with Gasteiger partial charge < -0.3 is 10.8 Å². The van der Waals surface area contributed by atoms with E-state index in [0.29, 0.717) is 24.0 Å². The molecule has 1 aromatic carbocycles. The van der Waals surface area contributed by atoms with Gasteiger partial charge in [0.25, 0.3) is 0 Å². The molecule has 0 N–H and O–H groups in total. The third kappa shape index (κ3) is 9.22. The van der Waals surface area contributed by atoms with Gasteiger partial charge in [0.15, 0.2) is 0 Å². The maximum absolute atomic E-state index is 8.24. The van der Waals surface area contributed by atoms with Crippen LogP contribution >= 0.6 is 0 Å². The van der Waals surface area contributed by atoms with E-state index in [2.05, 4.69) is 52.0 Å². The normalized spacial score (nSPS) is 8.33. The Labute approximate surface area is 108 Å². The quantitative estimate of drug-likeness (QED) is 0.588. The Morgan fingerprint density at radius 3 is 1.06 bits per heavy atom. The van der Waals surface area contributed by atoms with Gasteiger partial charge in [0.1, 0.15) is 0 Å². The van der Waals surface area contributed by atoms with Gasteiger partial charge in [-0.3, -0.25) is 9.59 Å². The predicted octanol–water partition coefficient (Wildman–Crippen LogP) is 3.72. The molecule has 0 spiro atoms. The zero-order valence-corrected chi connectivity index (χ0v) is 11.2. The van der Waals surface area contributed by atoms with Gasteiger partial charge >= 0.3 is 0 Å². The first-order valence-corrected chi connectivity index (χ1v) is 5.56. The van der Waals surface area contributed by atoms with E-state index in [0.717, 1.165) is 0 Å². The summed E-state index contributed by atoms with van der Waals surface area (Å²) in [5.41, 5.74) is 2.86. The Morgan fingerprint density at radius 1 is 0.778 bits per heavy atom. The molecule has 18 heavy (non-hydrogen) atoms. The van der Waals surface area contributed by atoms with Gasteiger partial charge in [0.2, 0.25) is 0 Å². The molecule has 4 heteroatoms. The van der Waals surface area contributed by atoms with Crippen molar-refractivity contribution in [2.24, 2.45) is 0 Å². The molecule has 0 amide bonds. The topological polar surface area (TPSA) is 78.7 Å². The molecular formula is C14H18N2O2-2. The van der Waals surface area contributed by atoms with Crippen molar-refractivity contribution >= 4 is 12.2 Å². The Balaban J connectivity index is 0. The molecule has 0 saturated heterocycles. The van der Waals surface area contributed by atoms with E-state index in [9.17, 15) is 0 Å². The number of hydrogen-bond donors (Lipinski definition) is 0. The van der Waals surface area contributed by atoms with Crippen LogP contribution in [-0.2, 0) is 9.59 Å². The second kappa shape index (κ2) is 11.5. The van der Waals surface area contributed by atoms with Crippen LogP contribution in [0.25, 0.3) is 10.8 Å². The lowest BCUT2D eigenvalue weighted by Gasteiger charge is -2.08. The van der Waals surface area contributed by atoms with Gasteiger partial charge in [-0.25, -0.2) is 0 Å². The van der Waals surface area contributed by atoms with Gasteiger partial charge in [-0.1, -0.05) is 52.0 Å². The Bertz CT molecular complexity index is 344. The van der Waals surface area contributed by atoms with Crippen molar-refractivity contribution in [2.45, 2.75) is 39.5 Å². The molecule has 0 radical (unpaired) electrons. The molecule has 0 heterocycles. The first-order chi connectivity index (χ1) is 8.44. The molecule has 0 aliphatic heterocycles. The molecule has 0 atom stereocenters. The van der Waals surface area contributed by atoms with E-state index < -0.39 is 0 Å². The van der Waals surface area contributed by atoms with Crippen LogP contribution in [0.5, 0.6) is 0 Å². The lowest BCUT2D eigenvalue weighted by atomic mass is 9.97. The van der Waals surface area contributed by atoms with Crippen LogP contribution < -0.4 is 0 Å². The molecule has 1 rings (SSSR count). The largest absolute Gasteiger partial charge is 0.724 e. The average Bonchev–Trinajstić information content (AvgIpc) is 2.31. The second-order valence-electron chi connectivity index (χ2n) is 4.16. The summed E-state index contributed by atoms with van der Waals surface area (Å²) in [5.74, 6) is 1.29. The van der Waals surface area contributed by atoms with Gasteiger partial charge in [-0.15, -0.1) is 0 Å². The lowest BCUT2D eigenvalue weighted by molar-refractivity contribution is 0.568. The molecule has 0 aliphatic carbocycles. The summed E-state index contributed by atoms with van der Waals surface area (Å²) in [6, 6.07) is 8.94. The minimum atomic E-state index is 0.500. The van der Waals surface area contributed by atoms with E-state index in [1.165, 1.54) is 11.1 Å². The highest BCUT2D eigenvalue weighted by Crippen LogP contribution is 2.18. The number of benzene rings is 1. The third-order valence-corrected chi connectivity index (χ3v) is 2.27. The molecule has 0 unspecified atom stereocenters. The van der Waals surface area contributed by atoms with Crippen molar-refractivity contribution < 1.29 is 9.59 Å². The highest BCUT2D eigenvalue weighted by molar-refractivity contribution is 5.37. The zero-order chi connectivity index (χ0) is 14.6. The highest BCUT2D eigenvalue weighted by Gasteiger charge is 2.00. The first kappa shape index (κ1) is 18.3. The maximum Gasteiger partial charge on any atom is -0.0159 e. The predicted molar refractivity (Wildman–Crippen MR) is 72.7 cm³/mol. The molecule has 0 aromatic heterocycles. The third-order valence-electron chi connectivity index (χ3n) is 2.27. The Kier molecular flexibility index (Phi) is 11.7. The first-order valence-electron chi connectivity index (χ1n) is 5.56. The van der Waals surface area contributed by atoms with Crippen molar-refractivity contribution in [1.29, 1.82) is 0 Å². The number of carbonyl (C=O) groups excluding carboxylic acids is 2. The average molecular weight is 246 g/mol. The fourth-order valence-electron chi connectivity index (χ4n) is 1.27. The van der Waals surface area contributed by atoms with E-state index in [4.69, 9.17) is 20.4 Å². The van der Waals surface area contributed by atoms with Crippen LogP contribution in [0.15, 0.2) is 24.3 Å². The molecule has 98 valence electrons. The number of isocyanates is 2. The summed E-state index contributed by atoms with van der Waals surface area (Å²) in [6.45, 7) is 8.91. The number of nitrogens with zero attached hydrogens (tertiary/aromatic N) is 2. The minimum absolute atomic E-state index is 0.500. The van der Waals surface area contributed by atoms with Gasteiger partial charge in [0.05, 0.1) is 0 Å². The van der Waals surface area contributed by atoms with E-state index >= 15 is 0 Å². The summed E-state index contributed by atoms with van der Waals surface area (Å²) in [6.07, 6.45) is 1.00. The summed E-state index contributed by atoms with van der Waals surface area (Å²) in [7, 11) is 0. The van der Waals surface area contributed by atoms with Crippen molar-refractivity contribution in [3.05, 3.63) is 46.2 Å². The van der Waals surface area contributed by atoms with Crippen molar-refractivity contribution in [1.82, 2.24) is 0 Å². The molecule has 0 fully saturated rings. The highest BCUT2D eigenvalue weighted by atomic mass is 16.1. The number of rotatable bonds is 2. The lowest BCUT2D eigenvalue weighted by Crippen LogP contribution is -1.90. The molecular weight excluding hydrogens is 228 g/mol. The number of hydrogen-bond acceptors (Lipinski definition) is 2. The summed E-state index contributed by atoms with van der Waals surface area (Å²) < 4.78 is 0. The Morgan fingerprint density at radius 2 is 0.944 bits per heavy atom. The van der Waals surface area contributed by atoms with E-state index in [-0.39, 0.29) is 0 Å². The van der Waals surface area contributed by atoms with Crippen LogP contribution in [0.4, 0.5) is 0 Å². The minimum Gasteiger partial charge on any atom is -0.724 e. The van der Waals surface area contributed by atoms with Gasteiger partial charge in [0, 0.05) is 0 Å². The summed E-state index contributed by atoms with van der Waals surface area (Å²) in [4.78, 5) is 16.5. The molecule has 0 aliphatic rings. The summed E-state index contributed by atoms with van der Waals surface area (Å²) >= 11 is 0. The van der Waals surface area contributed by atoms with E-state index in [1.807, 2.05) is 0 Å². The van der Waals surface area contributed by atoms with Gasteiger partial charge in [-0.2, -0.15) is 0 Å².